The van der Waals surface area contributed by atoms with Gasteiger partial charge in [-0.3, -0.25) is 14.2 Å². The lowest BCUT2D eigenvalue weighted by atomic mass is 9.89. The number of nitrogens with one attached hydrogen (secondary N) is 1. The summed E-state index contributed by atoms with van der Waals surface area (Å²) in [6.45, 7) is 2.25. The first kappa shape index (κ1) is 23.9. The van der Waals surface area contributed by atoms with Crippen molar-refractivity contribution in [3.63, 3.8) is 0 Å². The van der Waals surface area contributed by atoms with E-state index in [4.69, 9.17) is 21.3 Å². The van der Waals surface area contributed by atoms with Crippen molar-refractivity contribution in [2.75, 3.05) is 18.2 Å². The van der Waals surface area contributed by atoms with Crippen molar-refractivity contribution in [2.24, 2.45) is 5.92 Å². The van der Waals surface area contributed by atoms with Gasteiger partial charge < -0.3 is 10.1 Å². The number of aromatic nitrogens is 2. The van der Waals surface area contributed by atoms with E-state index in [1.54, 1.807) is 47.3 Å². The Morgan fingerprint density at radius 2 is 1.97 bits per heavy atom. The number of aryl methyl sites for hydroxylation is 1. The third kappa shape index (κ3) is 4.96. The summed E-state index contributed by atoms with van der Waals surface area (Å²) < 4.78 is 6.90. The molecule has 2 aromatic heterocycles. The summed E-state index contributed by atoms with van der Waals surface area (Å²) in [5.41, 5.74) is 2.40. The number of hydrogen-bond donors (Lipinski definition) is 1. The number of fused-ring (bicyclic) bond motifs is 3. The molecule has 0 saturated heterocycles. The number of halogens is 1. The maximum atomic E-state index is 13.9. The fourth-order valence-electron chi connectivity index (χ4n) is 4.29. The molecule has 2 heterocycles. The minimum absolute atomic E-state index is 0.0900. The van der Waals surface area contributed by atoms with Gasteiger partial charge in [-0.05, 0) is 79.3 Å². The normalized spacial score (nSPS) is 15.1. The van der Waals surface area contributed by atoms with Gasteiger partial charge in [-0.2, -0.15) is 0 Å². The van der Waals surface area contributed by atoms with Crippen LogP contribution < -0.4 is 15.6 Å². The number of thiophene rings is 1. The van der Waals surface area contributed by atoms with Gasteiger partial charge in [0, 0.05) is 15.6 Å². The molecule has 6 nitrogen and oxygen atoms in total. The Morgan fingerprint density at radius 1 is 1.23 bits per heavy atom. The minimum atomic E-state index is -0.188. The molecule has 1 unspecified atom stereocenters. The lowest BCUT2D eigenvalue weighted by Gasteiger charge is -2.18. The van der Waals surface area contributed by atoms with Crippen LogP contribution in [0.1, 0.15) is 23.8 Å². The first-order chi connectivity index (χ1) is 16.9. The smallest absolute Gasteiger partial charge is 0.267 e. The molecular formula is C26H24ClN3O3S2. The van der Waals surface area contributed by atoms with Gasteiger partial charge in [0.15, 0.2) is 5.16 Å². The molecule has 1 aliphatic rings. The van der Waals surface area contributed by atoms with E-state index in [1.165, 1.54) is 16.6 Å². The second-order valence-electron chi connectivity index (χ2n) is 8.61. The van der Waals surface area contributed by atoms with Gasteiger partial charge in [-0.15, -0.1) is 11.3 Å². The molecule has 0 radical (unpaired) electrons. The van der Waals surface area contributed by atoms with Gasteiger partial charge in [0.05, 0.1) is 23.9 Å². The van der Waals surface area contributed by atoms with Crippen LogP contribution in [0.2, 0.25) is 5.02 Å². The number of hydrogen-bond acceptors (Lipinski definition) is 6. The Balaban J connectivity index is 1.52. The van der Waals surface area contributed by atoms with Crippen LogP contribution in [0.3, 0.4) is 0 Å². The third-order valence-electron chi connectivity index (χ3n) is 6.09. The highest BCUT2D eigenvalue weighted by Crippen LogP contribution is 2.37. The van der Waals surface area contributed by atoms with E-state index in [-0.39, 0.29) is 17.2 Å². The number of nitrogens with zero attached hydrogens (tertiary/aromatic N) is 2. The number of benzene rings is 2. The van der Waals surface area contributed by atoms with Crippen LogP contribution in [0.25, 0.3) is 15.9 Å². The molecule has 4 aromatic rings. The Kier molecular flexibility index (Phi) is 6.86. The van der Waals surface area contributed by atoms with E-state index >= 15 is 0 Å². The maximum absolute atomic E-state index is 13.9. The van der Waals surface area contributed by atoms with E-state index in [9.17, 15) is 9.59 Å². The zero-order valence-corrected chi connectivity index (χ0v) is 21.7. The Hall–Kier alpha value is -2.81. The lowest BCUT2D eigenvalue weighted by Crippen LogP contribution is -2.23. The molecular weight excluding hydrogens is 502 g/mol. The standard InChI is InChI=1S/C26H24ClN3O3S2/c1-15-3-12-20-21(13-15)35-24-23(20)25(32)30(18-8-10-19(33-2)11-9-18)26(29-24)34-14-22(31)28-17-6-4-16(27)5-7-17/h4-11,15H,3,12-14H2,1-2H3,(H,28,31). The largest absolute Gasteiger partial charge is 0.497 e. The van der Waals surface area contributed by atoms with Gasteiger partial charge in [-0.25, -0.2) is 4.98 Å². The van der Waals surface area contributed by atoms with Crippen LogP contribution in [0.15, 0.2) is 58.5 Å². The van der Waals surface area contributed by atoms with Crippen molar-refractivity contribution in [2.45, 2.75) is 31.3 Å². The fraction of sp³-hybridized carbons (Fsp3) is 0.269. The second-order valence-corrected chi connectivity index (χ2v) is 11.1. The molecule has 0 saturated carbocycles. The highest BCUT2D eigenvalue weighted by molar-refractivity contribution is 7.99. The number of carbonyl (C=O) groups is 1. The van der Waals surface area contributed by atoms with Gasteiger partial charge in [0.25, 0.3) is 5.56 Å². The molecule has 1 amide bonds. The number of rotatable bonds is 6. The highest BCUT2D eigenvalue weighted by Gasteiger charge is 2.25. The molecule has 1 N–H and O–H groups in total. The van der Waals surface area contributed by atoms with Crippen LogP contribution >= 0.6 is 34.7 Å². The summed E-state index contributed by atoms with van der Waals surface area (Å²) in [4.78, 5) is 33.4. The van der Waals surface area contributed by atoms with Crippen molar-refractivity contribution < 1.29 is 9.53 Å². The molecule has 0 fully saturated rings. The SMILES string of the molecule is COc1ccc(-n2c(SCC(=O)Nc3ccc(Cl)cc3)nc3sc4c(c3c2=O)CCC(C)C4)cc1. The van der Waals surface area contributed by atoms with Crippen LogP contribution in [0.4, 0.5) is 5.69 Å². The summed E-state index contributed by atoms with van der Waals surface area (Å²) in [6, 6.07) is 14.3. The van der Waals surface area contributed by atoms with Crippen molar-refractivity contribution >= 4 is 56.5 Å². The number of thioether (sulfide) groups is 1. The molecule has 1 aliphatic carbocycles. The summed E-state index contributed by atoms with van der Waals surface area (Å²) in [5, 5.41) is 4.67. The maximum Gasteiger partial charge on any atom is 0.267 e. The number of methoxy groups -OCH3 is 1. The zero-order chi connectivity index (χ0) is 24.5. The predicted octanol–water partition coefficient (Wildman–Crippen LogP) is 5.96. The van der Waals surface area contributed by atoms with E-state index in [2.05, 4.69) is 12.2 Å². The second kappa shape index (κ2) is 10.0. The fourth-order valence-corrected chi connectivity index (χ4v) is 6.65. The Labute approximate surface area is 216 Å². The van der Waals surface area contributed by atoms with Gasteiger partial charge in [0.1, 0.15) is 10.6 Å². The average Bonchev–Trinajstić information content (AvgIpc) is 3.22. The highest BCUT2D eigenvalue weighted by atomic mass is 35.5. The van der Waals surface area contributed by atoms with Crippen molar-refractivity contribution in [3.05, 3.63) is 74.3 Å². The molecule has 0 bridgehead atoms. The molecule has 2 aromatic carbocycles. The quantitative estimate of drug-likeness (QED) is 0.248. The van der Waals surface area contributed by atoms with E-state index in [1.807, 2.05) is 24.3 Å². The van der Waals surface area contributed by atoms with E-state index in [0.717, 1.165) is 29.7 Å². The van der Waals surface area contributed by atoms with Gasteiger partial charge >= 0.3 is 0 Å². The van der Waals surface area contributed by atoms with E-state index < -0.39 is 0 Å². The number of amides is 1. The Morgan fingerprint density at radius 3 is 2.69 bits per heavy atom. The zero-order valence-electron chi connectivity index (χ0n) is 19.3. The first-order valence-electron chi connectivity index (χ1n) is 11.3. The van der Waals surface area contributed by atoms with Crippen LogP contribution in [0, 0.1) is 5.92 Å². The van der Waals surface area contributed by atoms with Crippen LogP contribution in [-0.4, -0.2) is 28.3 Å². The predicted molar refractivity (Wildman–Crippen MR) is 144 cm³/mol. The van der Waals surface area contributed by atoms with E-state index in [0.29, 0.717) is 38.6 Å². The number of ether oxygens (including phenoxy) is 1. The summed E-state index contributed by atoms with van der Waals surface area (Å²) in [7, 11) is 1.61. The molecule has 9 heteroatoms. The monoisotopic (exact) mass is 525 g/mol. The van der Waals surface area contributed by atoms with Gasteiger partial charge in [0.2, 0.25) is 5.91 Å². The van der Waals surface area contributed by atoms with Crippen LogP contribution in [0.5, 0.6) is 5.75 Å². The molecule has 0 spiro atoms. The molecule has 180 valence electrons. The van der Waals surface area contributed by atoms with Crippen molar-refractivity contribution in [1.29, 1.82) is 0 Å². The minimum Gasteiger partial charge on any atom is -0.497 e. The van der Waals surface area contributed by atoms with Gasteiger partial charge in [-0.1, -0.05) is 30.3 Å². The number of carbonyl (C=O) groups excluding carboxylic acids is 1. The van der Waals surface area contributed by atoms with Crippen molar-refractivity contribution in [3.8, 4) is 11.4 Å². The van der Waals surface area contributed by atoms with Crippen molar-refractivity contribution in [1.82, 2.24) is 9.55 Å². The molecule has 1 atom stereocenters. The topological polar surface area (TPSA) is 73.2 Å². The molecule has 5 rings (SSSR count). The van der Waals surface area contributed by atoms with Crippen LogP contribution in [-0.2, 0) is 17.6 Å². The number of anilines is 1. The molecule has 35 heavy (non-hydrogen) atoms. The molecule has 0 aliphatic heterocycles. The third-order valence-corrected chi connectivity index (χ3v) is 8.43. The Bertz CT molecular complexity index is 1450. The summed E-state index contributed by atoms with van der Waals surface area (Å²) >= 11 is 8.78. The lowest BCUT2D eigenvalue weighted by molar-refractivity contribution is -0.113. The summed E-state index contributed by atoms with van der Waals surface area (Å²) in [6.07, 6.45) is 2.94. The first-order valence-corrected chi connectivity index (χ1v) is 13.5. The summed E-state index contributed by atoms with van der Waals surface area (Å²) in [5.74, 6) is 1.23. The average molecular weight is 526 g/mol.